The average molecular weight is 1370 g/mol. The molecule has 0 saturated carbocycles. The van der Waals surface area contributed by atoms with Crippen LogP contribution in [0.2, 0.25) is 0 Å². The lowest BCUT2D eigenvalue weighted by molar-refractivity contribution is 0.658. The minimum Gasteiger partial charge on any atom is -0.228 e. The van der Waals surface area contributed by atoms with Crippen molar-refractivity contribution < 1.29 is 0 Å². The highest BCUT2D eigenvalue weighted by Crippen LogP contribution is 2.64. The van der Waals surface area contributed by atoms with E-state index in [1.165, 1.54) is 128 Å². The van der Waals surface area contributed by atoms with Crippen molar-refractivity contribution in [3.05, 3.63) is 389 Å². The molecular weight excluding hydrogens is 1300 g/mol. The van der Waals surface area contributed by atoms with Gasteiger partial charge in [-0.1, -0.05) is 307 Å². The first-order valence-corrected chi connectivity index (χ1v) is 37.5. The van der Waals surface area contributed by atoms with Crippen LogP contribution in [-0.2, 0) is 22.7 Å². The van der Waals surface area contributed by atoms with Gasteiger partial charge in [0.25, 0.3) is 0 Å². The molecule has 6 aliphatic carbocycles. The predicted molar refractivity (Wildman–Crippen MR) is 436 cm³/mol. The van der Waals surface area contributed by atoms with Crippen molar-refractivity contribution in [2.24, 2.45) is 0 Å². The van der Waals surface area contributed by atoms with Crippen molar-refractivity contribution in [3.8, 4) is 135 Å². The van der Waals surface area contributed by atoms with Crippen LogP contribution in [0.5, 0.6) is 0 Å². The van der Waals surface area contributed by atoms with Gasteiger partial charge < -0.3 is 0 Å². The summed E-state index contributed by atoms with van der Waals surface area (Å²) in [5.74, 6) is 2.94. The summed E-state index contributed by atoms with van der Waals surface area (Å²) in [6, 6.07) is 112. The van der Waals surface area contributed by atoms with Crippen LogP contribution < -0.4 is 0 Å². The van der Waals surface area contributed by atoms with Crippen LogP contribution in [0.4, 0.5) is 0 Å². The predicted octanol–water partition coefficient (Wildman–Crippen LogP) is 24.6. The summed E-state index contributed by atoms with van der Waals surface area (Å²) < 4.78 is 0. The number of hydrogen-bond donors (Lipinski definition) is 0. The molecule has 21 rings (SSSR count). The fraction of sp³-hybridized carbons (Fsp3) is 0.108. The number of aromatic nitrogens is 5. The molecular formula is C102H71N5. The van der Waals surface area contributed by atoms with Gasteiger partial charge >= 0.3 is 0 Å². The Kier molecular flexibility index (Phi) is 14.0. The normalized spacial score (nSPS) is 15.6. The molecule has 0 fully saturated rings. The van der Waals surface area contributed by atoms with E-state index in [0.717, 1.165) is 75.2 Å². The van der Waals surface area contributed by atoms with E-state index in [0.29, 0.717) is 23.3 Å². The fourth-order valence-electron chi connectivity index (χ4n) is 18.5. The summed E-state index contributed by atoms with van der Waals surface area (Å²) in [5, 5.41) is 0. The van der Waals surface area contributed by atoms with Crippen LogP contribution in [0.25, 0.3) is 146 Å². The summed E-state index contributed by atoms with van der Waals surface area (Å²) in [5.41, 5.74) is 38.1. The van der Waals surface area contributed by atoms with E-state index in [9.17, 15) is 0 Å². The first kappa shape index (κ1) is 62.5. The Morgan fingerprint density at radius 1 is 0.336 bits per heavy atom. The standard InChI is InChI=1S/C102H71N5/c1-100(2)86-28-16-13-25-78(86)81-50-45-72(56-89(81)100)65-33-40-69(41-34-65)97-105-96(68-22-9-6-10-23-68)106-98(107-97)70-42-35-66(36-43-70)73-46-51-82-83-52-47-74(58-91(83)101(3,4)90(82)57-73)75-48-53-84-85-54-49-76(60-93(85)102(92(84)59-75)87-29-17-14-26-79(87)80-27-15-18-30-88(80)102)95-61-94(67-38-31-64(32-39-67)62-19-7-5-8-20-62)103-99(104-95)77-44-37-63-21-11-12-24-71(63)55-77/h5-11,13-14,16-23,25-26,28-33,35-61,65H,12,24,34H2,1-4H3. The number of nitrogens with zero attached hydrogens (tertiary/aromatic N) is 5. The van der Waals surface area contributed by atoms with E-state index in [4.69, 9.17) is 24.9 Å². The zero-order valence-electron chi connectivity index (χ0n) is 60.0. The second-order valence-corrected chi connectivity index (χ2v) is 30.7. The molecule has 0 aliphatic heterocycles. The first-order valence-electron chi connectivity index (χ1n) is 37.5. The Hall–Kier alpha value is -13.0. The first-order chi connectivity index (χ1) is 52.5. The van der Waals surface area contributed by atoms with Gasteiger partial charge in [0, 0.05) is 55.7 Å². The van der Waals surface area contributed by atoms with Crippen molar-refractivity contribution in [2.75, 3.05) is 0 Å². The Balaban J connectivity index is 0.600. The van der Waals surface area contributed by atoms with Crippen LogP contribution >= 0.6 is 0 Å². The van der Waals surface area contributed by atoms with E-state index in [2.05, 4.69) is 331 Å². The van der Waals surface area contributed by atoms with Crippen LogP contribution in [0.1, 0.15) is 113 Å². The summed E-state index contributed by atoms with van der Waals surface area (Å²) >= 11 is 0. The molecule has 2 atom stereocenters. The van der Waals surface area contributed by atoms with Gasteiger partial charge in [-0.2, -0.15) is 0 Å². The van der Waals surface area contributed by atoms with Gasteiger partial charge in [0.15, 0.2) is 23.3 Å². The second kappa shape index (κ2) is 24.0. The maximum absolute atomic E-state index is 5.53. The molecule has 6 aliphatic rings. The molecule has 1 spiro atoms. The molecule has 0 bridgehead atoms. The molecule has 2 aromatic heterocycles. The summed E-state index contributed by atoms with van der Waals surface area (Å²) in [4.78, 5) is 26.4. The zero-order chi connectivity index (χ0) is 71.3. The smallest absolute Gasteiger partial charge is 0.164 e. The van der Waals surface area contributed by atoms with Crippen molar-refractivity contribution in [3.63, 3.8) is 0 Å². The van der Waals surface area contributed by atoms with Crippen molar-refractivity contribution in [1.82, 2.24) is 24.9 Å². The number of hydrogen-bond acceptors (Lipinski definition) is 5. The lowest BCUT2D eigenvalue weighted by Gasteiger charge is -2.31. The molecule has 5 nitrogen and oxygen atoms in total. The highest BCUT2D eigenvalue weighted by Gasteiger charge is 2.52. The fourth-order valence-corrected chi connectivity index (χ4v) is 18.5. The van der Waals surface area contributed by atoms with Gasteiger partial charge in [0.05, 0.1) is 16.8 Å². The molecule has 0 radical (unpaired) electrons. The number of rotatable bonds is 10. The third-order valence-electron chi connectivity index (χ3n) is 24.1. The van der Waals surface area contributed by atoms with Gasteiger partial charge in [-0.15, -0.1) is 0 Å². The molecule has 0 amide bonds. The quantitative estimate of drug-likeness (QED) is 0.137. The molecule has 504 valence electrons. The van der Waals surface area contributed by atoms with Gasteiger partial charge in [0.2, 0.25) is 0 Å². The third-order valence-corrected chi connectivity index (χ3v) is 24.1. The molecule has 15 aromatic rings. The molecule has 0 N–H and O–H groups in total. The van der Waals surface area contributed by atoms with Gasteiger partial charge in [-0.05, 0) is 201 Å². The SMILES string of the molecule is CC1(C)c2cc(-c3ccc(-c4nc(C5=CCC(c6ccc7c(c6)C(C)(C)c6ccccc6-7)C=C5)nc(-c5ccccc5)n4)cc3)ccc2-c2ccc(-c3ccc4c(c3)C3(c5ccc#cc5-c5ccccc53)c3cc(-c5cc(-c6ccc(-c7ccccc7)cc6)nc(-c6ccc7c(c6)CCC=C7)n5)ccc3-4)cc21. The largest absolute Gasteiger partial charge is 0.228 e. The number of benzene rings is 12. The second-order valence-electron chi connectivity index (χ2n) is 30.7. The van der Waals surface area contributed by atoms with Gasteiger partial charge in [-0.3, -0.25) is 0 Å². The lowest BCUT2D eigenvalue weighted by atomic mass is 9.70. The highest BCUT2D eigenvalue weighted by atomic mass is 15.0. The molecule has 5 heteroatoms. The number of fused-ring (bicyclic) bond motifs is 17. The van der Waals surface area contributed by atoms with Gasteiger partial charge in [0.1, 0.15) is 0 Å². The van der Waals surface area contributed by atoms with Crippen LogP contribution in [0.15, 0.2) is 309 Å². The topological polar surface area (TPSA) is 64.5 Å². The van der Waals surface area contributed by atoms with E-state index in [-0.39, 0.29) is 16.7 Å². The summed E-state index contributed by atoms with van der Waals surface area (Å²) in [6.45, 7) is 9.49. The van der Waals surface area contributed by atoms with E-state index in [1.807, 2.05) is 24.3 Å². The van der Waals surface area contributed by atoms with Crippen LogP contribution in [0.3, 0.4) is 0 Å². The minimum atomic E-state index is -0.655. The molecule has 107 heavy (non-hydrogen) atoms. The van der Waals surface area contributed by atoms with Gasteiger partial charge in [-0.25, -0.2) is 24.9 Å². The molecule has 2 heterocycles. The maximum Gasteiger partial charge on any atom is 0.164 e. The number of allylic oxidation sites excluding steroid dienone is 5. The van der Waals surface area contributed by atoms with E-state index >= 15 is 0 Å². The van der Waals surface area contributed by atoms with Crippen molar-refractivity contribution in [2.45, 2.75) is 69.1 Å². The highest BCUT2D eigenvalue weighted by molar-refractivity contribution is 5.97. The van der Waals surface area contributed by atoms with E-state index < -0.39 is 5.41 Å². The van der Waals surface area contributed by atoms with Crippen LogP contribution in [-0.4, -0.2) is 24.9 Å². The van der Waals surface area contributed by atoms with Crippen LogP contribution in [0, 0.1) is 12.1 Å². The Morgan fingerprint density at radius 2 is 0.813 bits per heavy atom. The molecule has 2 unspecified atom stereocenters. The zero-order valence-corrected chi connectivity index (χ0v) is 60.0. The lowest BCUT2D eigenvalue weighted by Crippen LogP contribution is -2.26. The molecule has 0 saturated heterocycles. The third kappa shape index (κ3) is 9.89. The summed E-state index contributed by atoms with van der Waals surface area (Å²) in [6.07, 6.45) is 14.2. The van der Waals surface area contributed by atoms with E-state index in [1.54, 1.807) is 0 Å². The molecule has 13 aromatic carbocycles. The number of aryl methyl sites for hydroxylation is 1. The Morgan fingerprint density at radius 3 is 1.50 bits per heavy atom. The van der Waals surface area contributed by atoms with Crippen molar-refractivity contribution in [1.29, 1.82) is 0 Å². The Bertz CT molecular complexity index is 6280. The summed E-state index contributed by atoms with van der Waals surface area (Å²) in [7, 11) is 0. The maximum atomic E-state index is 5.53. The Labute approximate surface area is 624 Å². The minimum absolute atomic E-state index is 0.0507. The van der Waals surface area contributed by atoms with Crippen molar-refractivity contribution >= 4 is 11.6 Å². The monoisotopic (exact) mass is 1370 g/mol. The average Bonchev–Trinajstić information content (AvgIpc) is 1.51.